The molecule has 2 rings (SSSR count). The van der Waals surface area contributed by atoms with E-state index in [0.717, 1.165) is 25.8 Å². The number of hydrogen-bond donors (Lipinski definition) is 2. The van der Waals surface area contributed by atoms with Crippen molar-refractivity contribution in [3.05, 3.63) is 11.7 Å². The maximum Gasteiger partial charge on any atom is 0.234 e. The molecule has 20 heavy (non-hydrogen) atoms. The molecule has 112 valence electrons. The molecule has 1 atom stereocenters. The van der Waals surface area contributed by atoms with E-state index >= 15 is 0 Å². The summed E-state index contributed by atoms with van der Waals surface area (Å²) < 4.78 is 5.05. The van der Waals surface area contributed by atoms with Crippen molar-refractivity contribution in [2.75, 3.05) is 26.2 Å². The molecule has 1 aromatic heterocycles. The Bertz CT molecular complexity index is 435. The number of aliphatic hydroxyl groups excluding tert-OH is 1. The van der Waals surface area contributed by atoms with Crippen LogP contribution in [0.2, 0.25) is 0 Å². The van der Waals surface area contributed by atoms with Gasteiger partial charge in [0.05, 0.1) is 12.6 Å². The van der Waals surface area contributed by atoms with Crippen LogP contribution in [0.1, 0.15) is 31.5 Å². The van der Waals surface area contributed by atoms with Crippen molar-refractivity contribution in [3.63, 3.8) is 0 Å². The zero-order chi connectivity index (χ0) is 14.4. The number of carbonyl (C=O) groups excluding carboxylic acids is 1. The topological polar surface area (TPSA) is 91.5 Å². The maximum atomic E-state index is 11.8. The van der Waals surface area contributed by atoms with Gasteiger partial charge in [-0.25, -0.2) is 0 Å². The van der Waals surface area contributed by atoms with E-state index in [0.29, 0.717) is 37.8 Å². The summed E-state index contributed by atoms with van der Waals surface area (Å²) in [6.45, 7) is 4.23. The first-order valence-electron chi connectivity index (χ1n) is 7.16. The molecule has 1 saturated heterocycles. The predicted octanol–water partition coefficient (Wildman–Crippen LogP) is -0.253. The van der Waals surface area contributed by atoms with Crippen LogP contribution in [0.15, 0.2) is 4.52 Å². The average Bonchev–Trinajstić information content (AvgIpc) is 2.86. The van der Waals surface area contributed by atoms with Gasteiger partial charge in [0.2, 0.25) is 11.8 Å². The number of aryl methyl sites for hydroxylation is 1. The first-order valence-corrected chi connectivity index (χ1v) is 7.16. The molecule has 7 heteroatoms. The fraction of sp³-hybridized carbons (Fsp3) is 0.769. The Labute approximate surface area is 118 Å². The van der Waals surface area contributed by atoms with Crippen LogP contribution in [0.5, 0.6) is 0 Å². The summed E-state index contributed by atoms with van der Waals surface area (Å²) in [5.74, 6) is 1.21. The van der Waals surface area contributed by atoms with Gasteiger partial charge >= 0.3 is 0 Å². The Morgan fingerprint density at radius 1 is 1.60 bits per heavy atom. The lowest BCUT2D eigenvalue weighted by Crippen LogP contribution is -2.44. The number of rotatable bonds is 6. The first kappa shape index (κ1) is 14.9. The van der Waals surface area contributed by atoms with Crippen LogP contribution in [0, 0.1) is 0 Å². The SMILES string of the molecule is CCc1noc(CCNC(=O)CN2CCC[C@H](O)C2)n1. The summed E-state index contributed by atoms with van der Waals surface area (Å²) in [7, 11) is 0. The number of aliphatic hydroxyl groups is 1. The highest BCUT2D eigenvalue weighted by Gasteiger charge is 2.19. The van der Waals surface area contributed by atoms with Crippen molar-refractivity contribution < 1.29 is 14.4 Å². The van der Waals surface area contributed by atoms with Gasteiger partial charge in [0.15, 0.2) is 5.82 Å². The summed E-state index contributed by atoms with van der Waals surface area (Å²) in [4.78, 5) is 17.9. The average molecular weight is 282 g/mol. The molecule has 2 N–H and O–H groups in total. The van der Waals surface area contributed by atoms with E-state index in [1.807, 2.05) is 11.8 Å². The summed E-state index contributed by atoms with van der Waals surface area (Å²) in [5.41, 5.74) is 0. The van der Waals surface area contributed by atoms with Gasteiger partial charge in [-0.2, -0.15) is 4.98 Å². The van der Waals surface area contributed by atoms with Crippen molar-refractivity contribution >= 4 is 5.91 Å². The third kappa shape index (κ3) is 4.57. The number of hydrogen-bond acceptors (Lipinski definition) is 6. The minimum atomic E-state index is -0.303. The fourth-order valence-electron chi connectivity index (χ4n) is 2.28. The molecule has 0 unspecified atom stereocenters. The number of likely N-dealkylation sites (tertiary alicyclic amines) is 1. The number of carbonyl (C=O) groups is 1. The van der Waals surface area contributed by atoms with E-state index in [9.17, 15) is 9.90 Å². The van der Waals surface area contributed by atoms with Gasteiger partial charge < -0.3 is 14.9 Å². The molecular weight excluding hydrogens is 260 g/mol. The Balaban J connectivity index is 1.64. The molecular formula is C13H22N4O3. The van der Waals surface area contributed by atoms with E-state index in [1.54, 1.807) is 0 Å². The maximum absolute atomic E-state index is 11.8. The molecule has 2 heterocycles. The van der Waals surface area contributed by atoms with Gasteiger partial charge in [-0.3, -0.25) is 9.69 Å². The summed E-state index contributed by atoms with van der Waals surface area (Å²) >= 11 is 0. The van der Waals surface area contributed by atoms with Gasteiger partial charge in [-0.15, -0.1) is 0 Å². The Hall–Kier alpha value is -1.47. The fourth-order valence-corrected chi connectivity index (χ4v) is 2.28. The van der Waals surface area contributed by atoms with E-state index in [-0.39, 0.29) is 12.0 Å². The van der Waals surface area contributed by atoms with Crippen LogP contribution in [-0.4, -0.2) is 58.3 Å². The predicted molar refractivity (Wildman–Crippen MR) is 72.1 cm³/mol. The molecule has 1 aliphatic rings. The highest BCUT2D eigenvalue weighted by molar-refractivity contribution is 5.78. The smallest absolute Gasteiger partial charge is 0.234 e. The quantitative estimate of drug-likeness (QED) is 0.747. The second-order valence-corrected chi connectivity index (χ2v) is 5.09. The van der Waals surface area contributed by atoms with Gasteiger partial charge in [0, 0.05) is 25.9 Å². The van der Waals surface area contributed by atoms with Crippen molar-refractivity contribution in [2.24, 2.45) is 0 Å². The monoisotopic (exact) mass is 282 g/mol. The summed E-state index contributed by atoms with van der Waals surface area (Å²) in [5, 5.41) is 16.2. The van der Waals surface area contributed by atoms with Crippen LogP contribution in [0.3, 0.4) is 0 Å². The number of aromatic nitrogens is 2. The zero-order valence-electron chi connectivity index (χ0n) is 11.8. The third-order valence-corrected chi connectivity index (χ3v) is 3.34. The van der Waals surface area contributed by atoms with Crippen molar-refractivity contribution in [1.82, 2.24) is 20.4 Å². The molecule has 1 amide bonds. The third-order valence-electron chi connectivity index (χ3n) is 3.34. The molecule has 1 aromatic rings. The van der Waals surface area contributed by atoms with Gasteiger partial charge in [0.25, 0.3) is 0 Å². The van der Waals surface area contributed by atoms with Gasteiger partial charge in [-0.1, -0.05) is 12.1 Å². The molecule has 7 nitrogen and oxygen atoms in total. The van der Waals surface area contributed by atoms with Crippen LogP contribution >= 0.6 is 0 Å². The van der Waals surface area contributed by atoms with Crippen molar-refractivity contribution in [2.45, 2.75) is 38.7 Å². The van der Waals surface area contributed by atoms with Gasteiger partial charge in [0.1, 0.15) is 0 Å². The Kier molecular flexibility index (Phi) is 5.49. The largest absolute Gasteiger partial charge is 0.392 e. The van der Waals surface area contributed by atoms with E-state index in [4.69, 9.17) is 4.52 Å². The summed E-state index contributed by atoms with van der Waals surface area (Å²) in [6, 6.07) is 0. The number of β-amino-alcohol motifs (C(OH)–C–C–N with tert-alkyl or cyclic N) is 1. The highest BCUT2D eigenvalue weighted by atomic mass is 16.5. The van der Waals surface area contributed by atoms with Crippen LogP contribution < -0.4 is 5.32 Å². The second kappa shape index (κ2) is 7.35. The summed E-state index contributed by atoms with van der Waals surface area (Å²) in [6.07, 6.45) is 2.75. The Morgan fingerprint density at radius 2 is 2.45 bits per heavy atom. The first-order chi connectivity index (χ1) is 9.67. The molecule has 0 spiro atoms. The van der Waals surface area contributed by atoms with E-state index in [2.05, 4.69) is 15.5 Å². The minimum Gasteiger partial charge on any atom is -0.392 e. The van der Waals surface area contributed by atoms with Crippen LogP contribution in [0.4, 0.5) is 0 Å². The van der Waals surface area contributed by atoms with Crippen LogP contribution in [-0.2, 0) is 17.6 Å². The van der Waals surface area contributed by atoms with Crippen molar-refractivity contribution in [3.8, 4) is 0 Å². The molecule has 0 radical (unpaired) electrons. The van der Waals surface area contributed by atoms with Gasteiger partial charge in [-0.05, 0) is 19.4 Å². The standard InChI is InChI=1S/C13H22N4O3/c1-2-11-15-13(20-16-11)5-6-14-12(19)9-17-7-3-4-10(18)8-17/h10,18H,2-9H2,1H3,(H,14,19)/t10-/m0/s1. The van der Waals surface area contributed by atoms with E-state index < -0.39 is 0 Å². The molecule has 1 fully saturated rings. The lowest BCUT2D eigenvalue weighted by atomic mass is 10.1. The number of piperidine rings is 1. The normalized spacial score (nSPS) is 20.0. The zero-order valence-corrected chi connectivity index (χ0v) is 11.8. The second-order valence-electron chi connectivity index (χ2n) is 5.09. The van der Waals surface area contributed by atoms with Crippen molar-refractivity contribution in [1.29, 1.82) is 0 Å². The molecule has 0 bridgehead atoms. The molecule has 0 saturated carbocycles. The van der Waals surface area contributed by atoms with Crippen LogP contribution in [0.25, 0.3) is 0 Å². The molecule has 0 aliphatic carbocycles. The number of nitrogens with one attached hydrogen (secondary N) is 1. The lowest BCUT2D eigenvalue weighted by Gasteiger charge is -2.29. The highest BCUT2D eigenvalue weighted by Crippen LogP contribution is 2.08. The lowest BCUT2D eigenvalue weighted by molar-refractivity contribution is -0.122. The molecule has 1 aliphatic heterocycles. The number of nitrogens with zero attached hydrogens (tertiary/aromatic N) is 3. The van der Waals surface area contributed by atoms with E-state index in [1.165, 1.54) is 0 Å². The molecule has 0 aromatic carbocycles. The number of amides is 1. The Morgan fingerprint density at radius 3 is 3.15 bits per heavy atom. The minimum absolute atomic E-state index is 0.0330.